The van der Waals surface area contributed by atoms with Gasteiger partial charge in [0, 0.05) is 23.8 Å². The summed E-state index contributed by atoms with van der Waals surface area (Å²) in [6.07, 6.45) is 5.42. The summed E-state index contributed by atoms with van der Waals surface area (Å²) in [6, 6.07) is 8.17. The normalized spacial score (nSPS) is 11.6. The zero-order valence-electron chi connectivity index (χ0n) is 9.15. The van der Waals surface area contributed by atoms with Crippen LogP contribution >= 0.6 is 11.8 Å². The van der Waals surface area contributed by atoms with Gasteiger partial charge >= 0.3 is 0 Å². The molecule has 0 bridgehead atoms. The highest BCUT2D eigenvalue weighted by atomic mass is 32.2. The first-order valence-corrected chi connectivity index (χ1v) is 6.01. The van der Waals surface area contributed by atoms with Crippen molar-refractivity contribution in [3.8, 4) is 5.69 Å². The minimum Gasteiger partial charge on any atom is -0.377 e. The number of amidine groups is 1. The van der Waals surface area contributed by atoms with Crippen LogP contribution < -0.4 is 11.6 Å². The molecule has 1 heterocycles. The Morgan fingerprint density at radius 2 is 2.12 bits per heavy atom. The molecule has 0 amide bonds. The van der Waals surface area contributed by atoms with Crippen LogP contribution in [0, 0.1) is 0 Å². The highest BCUT2D eigenvalue weighted by Gasteiger charge is 1.98. The molecule has 0 spiro atoms. The largest absolute Gasteiger partial charge is 0.377 e. The van der Waals surface area contributed by atoms with E-state index in [1.54, 1.807) is 12.5 Å². The van der Waals surface area contributed by atoms with Crippen LogP contribution in [0.1, 0.15) is 5.56 Å². The Bertz CT molecular complexity index is 489. The maximum atomic E-state index is 5.50. The first kappa shape index (κ1) is 11.5. The number of rotatable bonds is 3. The number of hydrazone groups is 1. The Morgan fingerprint density at radius 3 is 2.71 bits per heavy atom. The highest BCUT2D eigenvalue weighted by Crippen LogP contribution is 2.14. The monoisotopic (exact) mass is 247 g/mol. The summed E-state index contributed by atoms with van der Waals surface area (Å²) in [5, 5.41) is 3.80. The van der Waals surface area contributed by atoms with Crippen molar-refractivity contribution in [1.29, 1.82) is 0 Å². The van der Waals surface area contributed by atoms with Gasteiger partial charge in [-0.25, -0.2) is 4.98 Å². The van der Waals surface area contributed by atoms with Gasteiger partial charge in [0.05, 0.1) is 6.33 Å². The van der Waals surface area contributed by atoms with Crippen molar-refractivity contribution in [2.45, 2.75) is 5.75 Å². The smallest absolute Gasteiger partial charge is 0.177 e. The number of imidazole rings is 1. The average Bonchev–Trinajstić information content (AvgIpc) is 2.90. The fraction of sp³-hybridized carbons (Fsp3) is 0.0909. The molecule has 0 fully saturated rings. The van der Waals surface area contributed by atoms with Crippen LogP contribution in [0.15, 0.2) is 48.1 Å². The number of aromatic nitrogens is 2. The standard InChI is InChI=1S/C11H13N5S/c12-11(15-13)17-7-9-1-3-10(4-2-9)16-6-5-14-8-16/h1-6,8H,7,13H2,(H2,12,15). The van der Waals surface area contributed by atoms with Crippen molar-refractivity contribution in [3.63, 3.8) is 0 Å². The highest BCUT2D eigenvalue weighted by molar-refractivity contribution is 8.13. The molecule has 4 N–H and O–H groups in total. The lowest BCUT2D eigenvalue weighted by Gasteiger charge is -2.04. The van der Waals surface area contributed by atoms with E-state index in [2.05, 4.69) is 10.1 Å². The van der Waals surface area contributed by atoms with E-state index in [9.17, 15) is 0 Å². The number of thioether (sulfide) groups is 1. The summed E-state index contributed by atoms with van der Waals surface area (Å²) >= 11 is 1.42. The molecule has 0 aliphatic rings. The van der Waals surface area contributed by atoms with Gasteiger partial charge in [0.15, 0.2) is 5.17 Å². The van der Waals surface area contributed by atoms with E-state index < -0.39 is 0 Å². The number of nitrogens with two attached hydrogens (primary N) is 2. The van der Waals surface area contributed by atoms with Gasteiger partial charge in [-0.2, -0.15) is 5.10 Å². The van der Waals surface area contributed by atoms with E-state index in [0.717, 1.165) is 11.4 Å². The van der Waals surface area contributed by atoms with Gasteiger partial charge in [-0.15, -0.1) is 0 Å². The van der Waals surface area contributed by atoms with E-state index in [-0.39, 0.29) is 0 Å². The Balaban J connectivity index is 2.03. The number of hydrogen-bond acceptors (Lipinski definition) is 4. The van der Waals surface area contributed by atoms with Crippen molar-refractivity contribution in [1.82, 2.24) is 9.55 Å². The van der Waals surface area contributed by atoms with Crippen molar-refractivity contribution >= 4 is 16.9 Å². The molecule has 2 rings (SSSR count). The minimum atomic E-state index is 0.392. The average molecular weight is 247 g/mol. The summed E-state index contributed by atoms with van der Waals surface area (Å²) in [6.45, 7) is 0. The van der Waals surface area contributed by atoms with Gasteiger partial charge in [-0.1, -0.05) is 23.9 Å². The van der Waals surface area contributed by atoms with Crippen molar-refractivity contribution in [3.05, 3.63) is 48.5 Å². The Labute approximate surface area is 104 Å². The molecule has 2 aromatic rings. The zero-order valence-corrected chi connectivity index (χ0v) is 9.97. The third-order valence-corrected chi connectivity index (χ3v) is 3.13. The molecule has 0 aliphatic carbocycles. The van der Waals surface area contributed by atoms with Gasteiger partial charge in [0.25, 0.3) is 0 Å². The van der Waals surface area contributed by atoms with Crippen molar-refractivity contribution in [2.24, 2.45) is 16.7 Å². The summed E-state index contributed by atoms with van der Waals surface area (Å²) in [7, 11) is 0. The number of benzene rings is 1. The molecule has 0 saturated heterocycles. The first-order chi connectivity index (χ1) is 8.29. The lowest BCUT2D eigenvalue weighted by molar-refractivity contribution is 1.05. The van der Waals surface area contributed by atoms with Crippen LogP contribution in [-0.2, 0) is 5.75 Å². The number of hydrogen-bond donors (Lipinski definition) is 2. The maximum Gasteiger partial charge on any atom is 0.177 e. The molecular weight excluding hydrogens is 234 g/mol. The molecule has 5 nitrogen and oxygen atoms in total. The second-order valence-corrected chi connectivity index (χ2v) is 4.39. The SMILES string of the molecule is NN=C(N)SCc1ccc(-n2ccnc2)cc1. The van der Waals surface area contributed by atoms with Crippen LogP contribution in [0.4, 0.5) is 0 Å². The predicted molar refractivity (Wildman–Crippen MR) is 70.7 cm³/mol. The summed E-state index contributed by atoms with van der Waals surface area (Å²) in [5.74, 6) is 5.82. The molecule has 0 atom stereocenters. The quantitative estimate of drug-likeness (QED) is 0.370. The fourth-order valence-corrected chi connectivity index (χ4v) is 1.95. The predicted octanol–water partition coefficient (Wildman–Crippen LogP) is 1.29. The van der Waals surface area contributed by atoms with E-state index in [0.29, 0.717) is 5.17 Å². The van der Waals surface area contributed by atoms with Gasteiger partial charge in [0.2, 0.25) is 0 Å². The lowest BCUT2D eigenvalue weighted by Crippen LogP contribution is -2.09. The Kier molecular flexibility index (Phi) is 3.66. The molecule has 88 valence electrons. The minimum absolute atomic E-state index is 0.392. The van der Waals surface area contributed by atoms with Gasteiger partial charge < -0.3 is 16.1 Å². The topological polar surface area (TPSA) is 82.2 Å². The molecule has 0 unspecified atom stereocenters. The first-order valence-electron chi connectivity index (χ1n) is 5.03. The van der Waals surface area contributed by atoms with Crippen LogP contribution in [-0.4, -0.2) is 14.7 Å². The molecule has 0 aliphatic heterocycles. The Morgan fingerprint density at radius 1 is 1.35 bits per heavy atom. The number of nitrogens with zero attached hydrogens (tertiary/aromatic N) is 3. The fourth-order valence-electron chi connectivity index (χ4n) is 1.37. The van der Waals surface area contributed by atoms with E-state index >= 15 is 0 Å². The van der Waals surface area contributed by atoms with Gasteiger partial charge in [-0.3, -0.25) is 0 Å². The zero-order chi connectivity index (χ0) is 12.1. The molecule has 1 aromatic carbocycles. The molecule has 6 heteroatoms. The second kappa shape index (κ2) is 5.40. The molecule has 1 aromatic heterocycles. The molecule has 17 heavy (non-hydrogen) atoms. The van der Waals surface area contributed by atoms with E-state index in [1.165, 1.54) is 17.3 Å². The second-order valence-electron chi connectivity index (χ2n) is 3.39. The third-order valence-electron chi connectivity index (χ3n) is 2.25. The lowest BCUT2D eigenvalue weighted by atomic mass is 10.2. The van der Waals surface area contributed by atoms with Crippen LogP contribution in [0.2, 0.25) is 0 Å². The van der Waals surface area contributed by atoms with Crippen LogP contribution in [0.3, 0.4) is 0 Å². The van der Waals surface area contributed by atoms with Crippen molar-refractivity contribution < 1.29 is 0 Å². The molecule has 0 saturated carbocycles. The summed E-state index contributed by atoms with van der Waals surface area (Å²) in [5.41, 5.74) is 7.76. The van der Waals surface area contributed by atoms with Gasteiger partial charge in [-0.05, 0) is 17.7 Å². The third kappa shape index (κ3) is 3.01. The van der Waals surface area contributed by atoms with E-state index in [4.69, 9.17) is 11.6 Å². The molecule has 0 radical (unpaired) electrons. The Hall–Kier alpha value is -1.95. The van der Waals surface area contributed by atoms with Crippen LogP contribution in [0.5, 0.6) is 0 Å². The van der Waals surface area contributed by atoms with Crippen LogP contribution in [0.25, 0.3) is 5.69 Å². The van der Waals surface area contributed by atoms with Gasteiger partial charge in [0.1, 0.15) is 0 Å². The van der Waals surface area contributed by atoms with E-state index in [1.807, 2.05) is 35.0 Å². The summed E-state index contributed by atoms with van der Waals surface area (Å²) < 4.78 is 1.95. The summed E-state index contributed by atoms with van der Waals surface area (Å²) in [4.78, 5) is 4.00. The molecular formula is C11H13N5S. The maximum absolute atomic E-state index is 5.50. The van der Waals surface area contributed by atoms with Crippen molar-refractivity contribution in [2.75, 3.05) is 0 Å².